The van der Waals surface area contributed by atoms with Gasteiger partial charge in [0.2, 0.25) is 10.0 Å². The number of hydrogen-bond donors (Lipinski definition) is 3. The highest BCUT2D eigenvalue weighted by molar-refractivity contribution is 7.89. The molecular formula is C23H23N3O3S2. The second kappa shape index (κ2) is 10.3. The van der Waals surface area contributed by atoms with Crippen LogP contribution >= 0.6 is 12.2 Å². The third-order valence-corrected chi connectivity index (χ3v) is 6.27. The van der Waals surface area contributed by atoms with Crippen molar-refractivity contribution in [1.82, 2.24) is 10.0 Å². The lowest BCUT2D eigenvalue weighted by atomic mass is 10.1. The van der Waals surface area contributed by atoms with Gasteiger partial charge in [0.15, 0.2) is 5.11 Å². The van der Waals surface area contributed by atoms with Crippen LogP contribution in [0.25, 0.3) is 0 Å². The number of nitrogens with one attached hydrogen (secondary N) is 3. The Balaban J connectivity index is 1.54. The molecule has 1 amide bonds. The highest BCUT2D eigenvalue weighted by Crippen LogP contribution is 2.14. The first-order valence-electron chi connectivity index (χ1n) is 9.67. The van der Waals surface area contributed by atoms with Crippen molar-refractivity contribution >= 4 is 38.9 Å². The van der Waals surface area contributed by atoms with Crippen LogP contribution in [0.3, 0.4) is 0 Å². The Hall–Kier alpha value is -3.07. The molecule has 3 N–H and O–H groups in total. The fourth-order valence-electron chi connectivity index (χ4n) is 2.94. The number of benzene rings is 3. The van der Waals surface area contributed by atoms with Crippen LogP contribution in [0, 0.1) is 6.92 Å². The fourth-order valence-corrected chi connectivity index (χ4v) is 4.18. The van der Waals surface area contributed by atoms with Gasteiger partial charge in [-0.15, -0.1) is 0 Å². The Kier molecular flexibility index (Phi) is 7.51. The number of carbonyl (C=O) groups excluding carboxylic acids is 1. The molecule has 0 aliphatic rings. The minimum atomic E-state index is -3.62. The quantitative estimate of drug-likeness (QED) is 0.476. The van der Waals surface area contributed by atoms with E-state index in [1.165, 1.54) is 12.1 Å². The summed E-state index contributed by atoms with van der Waals surface area (Å²) in [5.74, 6) is -0.308. The average molecular weight is 454 g/mol. The van der Waals surface area contributed by atoms with Crippen molar-refractivity contribution in [3.05, 3.63) is 95.6 Å². The van der Waals surface area contributed by atoms with Crippen LogP contribution in [-0.2, 0) is 16.4 Å². The smallest absolute Gasteiger partial charge is 0.257 e. The normalized spacial score (nSPS) is 11.0. The molecule has 6 nitrogen and oxygen atoms in total. The van der Waals surface area contributed by atoms with E-state index in [4.69, 9.17) is 12.2 Å². The van der Waals surface area contributed by atoms with Crippen molar-refractivity contribution in [2.45, 2.75) is 18.2 Å². The lowest BCUT2D eigenvalue weighted by molar-refractivity contribution is 0.0977. The number of amides is 1. The van der Waals surface area contributed by atoms with Crippen LogP contribution in [0.15, 0.2) is 83.8 Å². The van der Waals surface area contributed by atoms with E-state index in [2.05, 4.69) is 15.4 Å². The Labute approximate surface area is 187 Å². The van der Waals surface area contributed by atoms with Crippen LogP contribution in [0.1, 0.15) is 21.5 Å². The third kappa shape index (κ3) is 6.45. The number of sulfonamides is 1. The predicted octanol–water partition coefficient (Wildman–Crippen LogP) is 3.64. The lowest BCUT2D eigenvalue weighted by Gasteiger charge is -2.12. The summed E-state index contributed by atoms with van der Waals surface area (Å²) in [4.78, 5) is 12.5. The Bertz CT molecular complexity index is 1160. The number of thiocarbonyl (C=S) groups is 1. The first-order valence-corrected chi connectivity index (χ1v) is 11.6. The van der Waals surface area contributed by atoms with Crippen molar-refractivity contribution in [2.24, 2.45) is 0 Å². The van der Waals surface area contributed by atoms with Crippen LogP contribution in [-0.4, -0.2) is 26.0 Å². The summed E-state index contributed by atoms with van der Waals surface area (Å²) in [6, 6.07) is 23.0. The van der Waals surface area contributed by atoms with E-state index in [9.17, 15) is 13.2 Å². The molecular weight excluding hydrogens is 430 g/mol. The summed E-state index contributed by atoms with van der Waals surface area (Å²) in [5.41, 5.74) is 3.01. The van der Waals surface area contributed by atoms with Crippen LogP contribution < -0.4 is 15.4 Å². The fraction of sp³-hybridized carbons (Fsp3) is 0.130. The summed E-state index contributed by atoms with van der Waals surface area (Å²) >= 11 is 5.19. The molecule has 0 heterocycles. The van der Waals surface area contributed by atoms with Crippen molar-refractivity contribution in [1.29, 1.82) is 0 Å². The zero-order chi connectivity index (χ0) is 22.3. The standard InChI is InChI=1S/C23H23N3O3S2/c1-17-7-5-6-10-21(17)22(27)26-23(30)25-19-11-13-20(14-12-19)31(28,29)24-16-15-18-8-3-2-4-9-18/h2-14,24H,15-16H2,1H3,(H2,25,26,27,30). The number of rotatable bonds is 7. The maximum absolute atomic E-state index is 12.5. The largest absolute Gasteiger partial charge is 0.332 e. The minimum absolute atomic E-state index is 0.129. The van der Waals surface area contributed by atoms with Gasteiger partial charge < -0.3 is 5.32 Å². The molecule has 0 saturated heterocycles. The summed E-state index contributed by atoms with van der Waals surface area (Å²) in [5, 5.41) is 5.64. The summed E-state index contributed by atoms with van der Waals surface area (Å²) in [6.07, 6.45) is 0.606. The molecule has 0 aliphatic heterocycles. The van der Waals surface area contributed by atoms with Crippen molar-refractivity contribution < 1.29 is 13.2 Å². The molecule has 3 aromatic carbocycles. The number of anilines is 1. The molecule has 3 rings (SSSR count). The van der Waals surface area contributed by atoms with E-state index >= 15 is 0 Å². The summed E-state index contributed by atoms with van der Waals surface area (Å²) < 4.78 is 27.6. The molecule has 8 heteroatoms. The maximum Gasteiger partial charge on any atom is 0.257 e. The van der Waals surface area contributed by atoms with Gasteiger partial charge >= 0.3 is 0 Å². The first-order chi connectivity index (χ1) is 14.8. The van der Waals surface area contributed by atoms with Gasteiger partial charge in [-0.05, 0) is 67.0 Å². The van der Waals surface area contributed by atoms with Gasteiger partial charge in [-0.3, -0.25) is 10.1 Å². The molecule has 0 saturated carbocycles. The Morgan fingerprint density at radius 1 is 0.903 bits per heavy atom. The number of hydrogen-bond acceptors (Lipinski definition) is 4. The van der Waals surface area contributed by atoms with Gasteiger partial charge in [0.25, 0.3) is 5.91 Å². The zero-order valence-corrected chi connectivity index (χ0v) is 18.6. The van der Waals surface area contributed by atoms with E-state index < -0.39 is 10.0 Å². The molecule has 0 radical (unpaired) electrons. The molecule has 0 atom stereocenters. The monoisotopic (exact) mass is 453 g/mol. The van der Waals surface area contributed by atoms with Gasteiger partial charge in [0.1, 0.15) is 0 Å². The van der Waals surface area contributed by atoms with Crippen molar-refractivity contribution in [3.8, 4) is 0 Å². The Morgan fingerprint density at radius 3 is 2.23 bits per heavy atom. The second-order valence-corrected chi connectivity index (χ2v) is 9.06. The van der Waals surface area contributed by atoms with Crippen molar-refractivity contribution in [2.75, 3.05) is 11.9 Å². The lowest BCUT2D eigenvalue weighted by Crippen LogP contribution is -2.34. The van der Waals surface area contributed by atoms with E-state index in [1.54, 1.807) is 24.3 Å². The van der Waals surface area contributed by atoms with Gasteiger partial charge in [0, 0.05) is 17.8 Å². The van der Waals surface area contributed by atoms with Crippen LogP contribution in [0.4, 0.5) is 5.69 Å². The summed E-state index contributed by atoms with van der Waals surface area (Å²) in [6.45, 7) is 2.15. The topological polar surface area (TPSA) is 87.3 Å². The molecule has 31 heavy (non-hydrogen) atoms. The molecule has 0 unspecified atom stereocenters. The van der Waals surface area contributed by atoms with E-state index in [0.717, 1.165) is 11.1 Å². The van der Waals surface area contributed by atoms with Crippen LogP contribution in [0.2, 0.25) is 0 Å². The van der Waals surface area contributed by atoms with Crippen molar-refractivity contribution in [3.63, 3.8) is 0 Å². The maximum atomic E-state index is 12.5. The van der Waals surface area contributed by atoms with Gasteiger partial charge in [0.05, 0.1) is 4.90 Å². The second-order valence-electron chi connectivity index (χ2n) is 6.88. The number of carbonyl (C=O) groups is 1. The minimum Gasteiger partial charge on any atom is -0.332 e. The molecule has 0 bridgehead atoms. The van der Waals surface area contributed by atoms with Crippen LogP contribution in [0.5, 0.6) is 0 Å². The Morgan fingerprint density at radius 2 is 1.55 bits per heavy atom. The highest BCUT2D eigenvalue weighted by atomic mass is 32.2. The molecule has 0 aromatic heterocycles. The molecule has 0 aliphatic carbocycles. The molecule has 0 fully saturated rings. The molecule has 0 spiro atoms. The molecule has 160 valence electrons. The predicted molar refractivity (Wildman–Crippen MR) is 127 cm³/mol. The summed E-state index contributed by atoms with van der Waals surface area (Å²) in [7, 11) is -3.62. The SMILES string of the molecule is Cc1ccccc1C(=O)NC(=S)Nc1ccc(S(=O)(=O)NCCc2ccccc2)cc1. The highest BCUT2D eigenvalue weighted by Gasteiger charge is 2.14. The van der Waals surface area contributed by atoms with Gasteiger partial charge in [-0.2, -0.15) is 0 Å². The van der Waals surface area contributed by atoms with E-state index in [-0.39, 0.29) is 15.9 Å². The average Bonchev–Trinajstić information content (AvgIpc) is 2.75. The molecule has 3 aromatic rings. The number of aryl methyl sites for hydroxylation is 1. The third-order valence-electron chi connectivity index (χ3n) is 4.59. The first kappa shape index (κ1) is 22.6. The van der Waals surface area contributed by atoms with Gasteiger partial charge in [-0.1, -0.05) is 48.5 Å². The van der Waals surface area contributed by atoms with E-state index in [0.29, 0.717) is 24.2 Å². The van der Waals surface area contributed by atoms with Gasteiger partial charge in [-0.25, -0.2) is 13.1 Å². The zero-order valence-electron chi connectivity index (χ0n) is 17.0. The van der Waals surface area contributed by atoms with E-state index in [1.807, 2.05) is 49.4 Å².